The third-order valence-corrected chi connectivity index (χ3v) is 4.02. The van der Waals surface area contributed by atoms with E-state index in [-0.39, 0.29) is 12.1 Å². The number of likely N-dealkylation sites (tertiary alicyclic amines) is 1. The first-order valence-electron chi connectivity index (χ1n) is 7.75. The fourth-order valence-corrected chi connectivity index (χ4v) is 2.91. The zero-order chi connectivity index (χ0) is 15.4. The van der Waals surface area contributed by atoms with Crippen LogP contribution in [0.15, 0.2) is 40.9 Å². The van der Waals surface area contributed by atoms with E-state index in [4.69, 9.17) is 4.52 Å². The van der Waals surface area contributed by atoms with Crippen molar-refractivity contribution in [3.8, 4) is 0 Å². The average Bonchev–Trinajstić information content (AvgIpc) is 3.16. The van der Waals surface area contributed by atoms with Gasteiger partial charge in [0.05, 0.1) is 11.7 Å². The summed E-state index contributed by atoms with van der Waals surface area (Å²) in [6, 6.07) is 12.1. The summed E-state index contributed by atoms with van der Waals surface area (Å²) in [5.41, 5.74) is 2.08. The Morgan fingerprint density at radius 1 is 1.41 bits per heavy atom. The third kappa shape index (κ3) is 3.30. The first kappa shape index (κ1) is 14.6. The minimum absolute atomic E-state index is 0.0120. The Labute approximate surface area is 130 Å². The largest absolute Gasteiger partial charge is 0.359 e. The second-order valence-corrected chi connectivity index (χ2v) is 5.69. The van der Waals surface area contributed by atoms with Gasteiger partial charge in [-0.05, 0) is 31.7 Å². The molecule has 2 aromatic rings. The predicted octanol–water partition coefficient (Wildman–Crippen LogP) is 3.07. The molecule has 5 nitrogen and oxygen atoms in total. The lowest BCUT2D eigenvalue weighted by atomic mass is 10.1. The molecule has 1 aliphatic heterocycles. The Hall–Kier alpha value is -2.30. The second-order valence-electron chi connectivity index (χ2n) is 5.69. The molecular weight excluding hydrogens is 278 g/mol. The average molecular weight is 299 g/mol. The molecule has 0 spiro atoms. The van der Waals surface area contributed by atoms with Crippen LogP contribution in [-0.2, 0) is 6.42 Å². The number of urea groups is 1. The number of nitrogens with zero attached hydrogens (tertiary/aromatic N) is 2. The van der Waals surface area contributed by atoms with Gasteiger partial charge in [-0.3, -0.25) is 0 Å². The van der Waals surface area contributed by atoms with Crippen LogP contribution in [0.2, 0.25) is 0 Å². The molecule has 116 valence electrons. The maximum atomic E-state index is 12.4. The number of aromatic nitrogens is 1. The number of nitrogens with one attached hydrogen (secondary N) is 1. The molecule has 1 fully saturated rings. The van der Waals surface area contributed by atoms with Gasteiger partial charge in [-0.25, -0.2) is 4.79 Å². The van der Waals surface area contributed by atoms with Gasteiger partial charge in [-0.2, -0.15) is 0 Å². The molecule has 1 atom stereocenters. The van der Waals surface area contributed by atoms with Crippen LogP contribution in [0.3, 0.4) is 0 Å². The van der Waals surface area contributed by atoms with Crippen LogP contribution >= 0.6 is 0 Å². The van der Waals surface area contributed by atoms with Crippen LogP contribution in [0, 0.1) is 6.92 Å². The van der Waals surface area contributed by atoms with Crippen molar-refractivity contribution < 1.29 is 9.32 Å². The zero-order valence-electron chi connectivity index (χ0n) is 12.8. The van der Waals surface area contributed by atoms with Crippen LogP contribution in [0.25, 0.3) is 0 Å². The van der Waals surface area contributed by atoms with Gasteiger partial charge in [-0.1, -0.05) is 35.5 Å². The number of carbonyl (C=O) groups is 1. The summed E-state index contributed by atoms with van der Waals surface area (Å²) in [6.07, 6.45) is 2.77. The standard InChI is InChI=1S/C17H21N3O2/c1-13-12-16(22-19-13)15-8-5-11-20(15)17(21)18-10-9-14-6-3-2-4-7-14/h2-4,6-7,12,15H,5,8-11H2,1H3,(H,18,21)/t15-/m1/s1. The summed E-state index contributed by atoms with van der Waals surface area (Å²) < 4.78 is 5.33. The van der Waals surface area contributed by atoms with Gasteiger partial charge in [0.25, 0.3) is 0 Å². The predicted molar refractivity (Wildman–Crippen MR) is 83.5 cm³/mol. The Morgan fingerprint density at radius 3 is 2.95 bits per heavy atom. The normalized spacial score (nSPS) is 17.7. The first-order chi connectivity index (χ1) is 10.7. The van der Waals surface area contributed by atoms with E-state index < -0.39 is 0 Å². The third-order valence-electron chi connectivity index (χ3n) is 4.02. The van der Waals surface area contributed by atoms with E-state index in [0.717, 1.165) is 37.3 Å². The number of hydrogen-bond acceptors (Lipinski definition) is 3. The number of hydrogen-bond donors (Lipinski definition) is 1. The van der Waals surface area contributed by atoms with E-state index in [2.05, 4.69) is 22.6 Å². The molecule has 5 heteroatoms. The van der Waals surface area contributed by atoms with Crippen molar-refractivity contribution in [2.45, 2.75) is 32.2 Å². The minimum Gasteiger partial charge on any atom is -0.359 e. The van der Waals surface area contributed by atoms with Gasteiger partial charge < -0.3 is 14.7 Å². The van der Waals surface area contributed by atoms with E-state index in [1.807, 2.05) is 36.1 Å². The highest BCUT2D eigenvalue weighted by Gasteiger charge is 2.32. The molecule has 2 heterocycles. The highest BCUT2D eigenvalue weighted by atomic mass is 16.5. The van der Waals surface area contributed by atoms with Crippen LogP contribution in [0.4, 0.5) is 4.79 Å². The molecule has 0 radical (unpaired) electrons. The van der Waals surface area contributed by atoms with Gasteiger partial charge >= 0.3 is 6.03 Å². The molecule has 2 amide bonds. The second kappa shape index (κ2) is 6.64. The SMILES string of the molecule is Cc1cc([C@H]2CCCN2C(=O)NCCc2ccccc2)on1. The maximum Gasteiger partial charge on any atom is 0.318 e. The molecule has 1 aliphatic rings. The highest BCUT2D eigenvalue weighted by molar-refractivity contribution is 5.75. The number of rotatable bonds is 4. The van der Waals surface area contributed by atoms with E-state index in [1.165, 1.54) is 5.56 Å². The topological polar surface area (TPSA) is 58.4 Å². The Kier molecular flexibility index (Phi) is 4.42. The Bertz CT molecular complexity index is 624. The van der Waals surface area contributed by atoms with E-state index in [1.54, 1.807) is 0 Å². The van der Waals surface area contributed by atoms with Crippen LogP contribution < -0.4 is 5.32 Å². The summed E-state index contributed by atoms with van der Waals surface area (Å²) in [5, 5.41) is 6.93. The van der Waals surface area contributed by atoms with E-state index >= 15 is 0 Å². The van der Waals surface area contributed by atoms with Gasteiger partial charge in [0.15, 0.2) is 5.76 Å². The van der Waals surface area contributed by atoms with Crippen molar-refractivity contribution in [1.29, 1.82) is 0 Å². The molecule has 0 bridgehead atoms. The fraction of sp³-hybridized carbons (Fsp3) is 0.412. The number of amides is 2. The lowest BCUT2D eigenvalue weighted by Gasteiger charge is -2.23. The van der Waals surface area contributed by atoms with Crippen molar-refractivity contribution in [1.82, 2.24) is 15.4 Å². The highest BCUT2D eigenvalue weighted by Crippen LogP contribution is 2.32. The Morgan fingerprint density at radius 2 is 2.23 bits per heavy atom. The Balaban J connectivity index is 1.55. The summed E-state index contributed by atoms with van der Waals surface area (Å²) in [5.74, 6) is 0.785. The van der Waals surface area contributed by atoms with Gasteiger partial charge in [0.2, 0.25) is 0 Å². The zero-order valence-corrected chi connectivity index (χ0v) is 12.8. The number of benzene rings is 1. The molecule has 0 unspecified atom stereocenters. The van der Waals surface area contributed by atoms with Crippen molar-refractivity contribution in [3.63, 3.8) is 0 Å². The van der Waals surface area contributed by atoms with Crippen molar-refractivity contribution in [2.75, 3.05) is 13.1 Å². The molecule has 1 N–H and O–H groups in total. The molecule has 1 aromatic heterocycles. The van der Waals surface area contributed by atoms with Crippen LogP contribution in [0.5, 0.6) is 0 Å². The molecule has 0 saturated carbocycles. The number of carbonyl (C=O) groups excluding carboxylic acids is 1. The molecule has 3 rings (SSSR count). The monoisotopic (exact) mass is 299 g/mol. The summed E-state index contributed by atoms with van der Waals surface area (Å²) in [7, 11) is 0. The number of aryl methyl sites for hydroxylation is 1. The molecule has 22 heavy (non-hydrogen) atoms. The molecule has 1 aromatic carbocycles. The van der Waals surface area contributed by atoms with E-state index in [9.17, 15) is 4.79 Å². The van der Waals surface area contributed by atoms with E-state index in [0.29, 0.717) is 6.54 Å². The van der Waals surface area contributed by atoms with Gasteiger partial charge in [-0.15, -0.1) is 0 Å². The van der Waals surface area contributed by atoms with Crippen LogP contribution in [-0.4, -0.2) is 29.2 Å². The van der Waals surface area contributed by atoms with Gasteiger partial charge in [0.1, 0.15) is 0 Å². The van der Waals surface area contributed by atoms with Crippen molar-refractivity contribution >= 4 is 6.03 Å². The lowest BCUT2D eigenvalue weighted by Crippen LogP contribution is -2.40. The maximum absolute atomic E-state index is 12.4. The molecular formula is C17H21N3O2. The first-order valence-corrected chi connectivity index (χ1v) is 7.75. The fourth-order valence-electron chi connectivity index (χ4n) is 2.91. The quantitative estimate of drug-likeness (QED) is 0.944. The van der Waals surface area contributed by atoms with Crippen molar-refractivity contribution in [3.05, 3.63) is 53.4 Å². The minimum atomic E-state index is -0.0208. The summed E-state index contributed by atoms with van der Waals surface area (Å²) >= 11 is 0. The lowest BCUT2D eigenvalue weighted by molar-refractivity contribution is 0.182. The smallest absolute Gasteiger partial charge is 0.318 e. The van der Waals surface area contributed by atoms with Crippen LogP contribution in [0.1, 0.15) is 35.9 Å². The van der Waals surface area contributed by atoms with Gasteiger partial charge in [0, 0.05) is 19.2 Å². The summed E-state index contributed by atoms with van der Waals surface area (Å²) in [4.78, 5) is 14.2. The van der Waals surface area contributed by atoms with Crippen molar-refractivity contribution in [2.24, 2.45) is 0 Å². The molecule has 1 saturated heterocycles. The summed E-state index contributed by atoms with van der Waals surface area (Å²) in [6.45, 7) is 3.30. The molecule has 0 aliphatic carbocycles.